The van der Waals surface area contributed by atoms with Crippen LogP contribution in [0.25, 0.3) is 0 Å². The van der Waals surface area contributed by atoms with Gasteiger partial charge in [-0.05, 0) is 31.9 Å². The molecule has 0 amide bonds. The van der Waals surface area contributed by atoms with E-state index in [-0.39, 0.29) is 6.04 Å². The molecule has 1 atom stereocenters. The van der Waals surface area contributed by atoms with Gasteiger partial charge in [0.05, 0.1) is 0 Å². The van der Waals surface area contributed by atoms with Crippen LogP contribution < -0.4 is 5.73 Å². The molecule has 1 aromatic heterocycles. The number of rotatable bonds is 6. The Balaban J connectivity index is 2.39. The van der Waals surface area contributed by atoms with Crippen LogP contribution in [0.3, 0.4) is 0 Å². The summed E-state index contributed by atoms with van der Waals surface area (Å²) < 4.78 is 0. The highest BCUT2D eigenvalue weighted by molar-refractivity contribution is 7.12. The van der Waals surface area contributed by atoms with Crippen LogP contribution in [0, 0.1) is 13.8 Å². The Morgan fingerprint density at radius 1 is 1.27 bits per heavy atom. The molecular weight excluding hydrogens is 202 g/mol. The van der Waals surface area contributed by atoms with Gasteiger partial charge in [0.25, 0.3) is 0 Å². The quantitative estimate of drug-likeness (QED) is 0.716. The SMILES string of the molecule is CCCCCCC(N)c1sc(C)cc1C. The third-order valence-electron chi connectivity index (χ3n) is 2.78. The Bertz CT molecular complexity index is 291. The Labute approximate surface area is 97.7 Å². The minimum Gasteiger partial charge on any atom is -0.323 e. The minimum absolute atomic E-state index is 0.264. The van der Waals surface area contributed by atoms with Gasteiger partial charge in [-0.2, -0.15) is 0 Å². The van der Waals surface area contributed by atoms with Crippen LogP contribution in [-0.2, 0) is 0 Å². The molecular formula is C13H23NS. The Morgan fingerprint density at radius 2 is 2.00 bits per heavy atom. The monoisotopic (exact) mass is 225 g/mol. The Kier molecular flexibility index (Phi) is 5.34. The predicted molar refractivity (Wildman–Crippen MR) is 69.5 cm³/mol. The van der Waals surface area contributed by atoms with E-state index >= 15 is 0 Å². The number of hydrogen-bond acceptors (Lipinski definition) is 2. The summed E-state index contributed by atoms with van der Waals surface area (Å²) in [6.07, 6.45) is 6.38. The van der Waals surface area contributed by atoms with E-state index in [9.17, 15) is 0 Å². The summed E-state index contributed by atoms with van der Waals surface area (Å²) in [7, 11) is 0. The smallest absolute Gasteiger partial charge is 0.0392 e. The van der Waals surface area contributed by atoms with E-state index in [4.69, 9.17) is 5.73 Å². The first kappa shape index (κ1) is 12.7. The van der Waals surface area contributed by atoms with Crippen LogP contribution in [0.5, 0.6) is 0 Å². The third kappa shape index (κ3) is 3.96. The summed E-state index contributed by atoms with van der Waals surface area (Å²) in [6.45, 7) is 6.57. The van der Waals surface area contributed by atoms with E-state index in [0.29, 0.717) is 0 Å². The highest BCUT2D eigenvalue weighted by Gasteiger charge is 2.11. The van der Waals surface area contributed by atoms with Crippen molar-refractivity contribution in [1.29, 1.82) is 0 Å². The lowest BCUT2D eigenvalue weighted by molar-refractivity contribution is 0.570. The average Bonchev–Trinajstić information content (AvgIpc) is 2.52. The second-order valence-electron chi connectivity index (χ2n) is 4.36. The van der Waals surface area contributed by atoms with Crippen LogP contribution in [-0.4, -0.2) is 0 Å². The van der Waals surface area contributed by atoms with Crippen molar-refractivity contribution in [2.24, 2.45) is 5.73 Å². The maximum atomic E-state index is 6.20. The van der Waals surface area contributed by atoms with Gasteiger partial charge < -0.3 is 5.73 Å². The largest absolute Gasteiger partial charge is 0.323 e. The molecule has 0 spiro atoms. The van der Waals surface area contributed by atoms with Crippen molar-refractivity contribution in [3.05, 3.63) is 21.4 Å². The zero-order chi connectivity index (χ0) is 11.3. The van der Waals surface area contributed by atoms with Crippen molar-refractivity contribution in [2.45, 2.75) is 58.9 Å². The minimum atomic E-state index is 0.264. The number of aryl methyl sites for hydroxylation is 2. The molecule has 2 N–H and O–H groups in total. The third-order valence-corrected chi connectivity index (χ3v) is 4.07. The van der Waals surface area contributed by atoms with Gasteiger partial charge in [0, 0.05) is 15.8 Å². The lowest BCUT2D eigenvalue weighted by Crippen LogP contribution is -2.09. The van der Waals surface area contributed by atoms with E-state index in [1.165, 1.54) is 41.0 Å². The standard InChI is InChI=1S/C13H23NS/c1-4-5-6-7-8-12(14)13-10(2)9-11(3)15-13/h9,12H,4-8,14H2,1-3H3. The summed E-state index contributed by atoms with van der Waals surface area (Å²) >= 11 is 1.86. The van der Waals surface area contributed by atoms with Gasteiger partial charge in [0.2, 0.25) is 0 Å². The molecule has 1 rings (SSSR count). The van der Waals surface area contributed by atoms with E-state index in [0.717, 1.165) is 6.42 Å². The summed E-state index contributed by atoms with van der Waals surface area (Å²) in [6, 6.07) is 2.51. The number of hydrogen-bond donors (Lipinski definition) is 1. The van der Waals surface area contributed by atoms with Gasteiger partial charge in [0.1, 0.15) is 0 Å². The van der Waals surface area contributed by atoms with Crippen LogP contribution in [0.1, 0.15) is 60.4 Å². The molecule has 1 unspecified atom stereocenters. The lowest BCUT2D eigenvalue weighted by atomic mass is 10.0. The van der Waals surface area contributed by atoms with E-state index < -0.39 is 0 Å². The van der Waals surface area contributed by atoms with Gasteiger partial charge in [-0.1, -0.05) is 32.6 Å². The summed E-state index contributed by atoms with van der Waals surface area (Å²) in [5.74, 6) is 0. The molecule has 0 saturated heterocycles. The van der Waals surface area contributed by atoms with Crippen LogP contribution in [0.15, 0.2) is 6.07 Å². The van der Waals surface area contributed by atoms with Crippen molar-refractivity contribution >= 4 is 11.3 Å². The van der Waals surface area contributed by atoms with Gasteiger partial charge >= 0.3 is 0 Å². The molecule has 0 radical (unpaired) electrons. The first-order valence-electron chi connectivity index (χ1n) is 5.97. The summed E-state index contributed by atoms with van der Waals surface area (Å²) in [5.41, 5.74) is 7.58. The molecule has 86 valence electrons. The van der Waals surface area contributed by atoms with Gasteiger partial charge in [0.15, 0.2) is 0 Å². The van der Waals surface area contributed by atoms with Crippen molar-refractivity contribution < 1.29 is 0 Å². The molecule has 1 nitrogen and oxygen atoms in total. The maximum Gasteiger partial charge on any atom is 0.0392 e. The normalized spacial score (nSPS) is 13.1. The highest BCUT2D eigenvalue weighted by Crippen LogP contribution is 2.28. The summed E-state index contributed by atoms with van der Waals surface area (Å²) in [4.78, 5) is 2.77. The van der Waals surface area contributed by atoms with Crippen LogP contribution in [0.2, 0.25) is 0 Å². The summed E-state index contributed by atoms with van der Waals surface area (Å²) in [5, 5.41) is 0. The van der Waals surface area contributed by atoms with Crippen LogP contribution in [0.4, 0.5) is 0 Å². The van der Waals surface area contributed by atoms with E-state index in [1.807, 2.05) is 11.3 Å². The predicted octanol–water partition coefficient (Wildman–Crippen LogP) is 4.34. The Hall–Kier alpha value is -0.340. The first-order valence-corrected chi connectivity index (χ1v) is 6.79. The first-order chi connectivity index (χ1) is 7.15. The second-order valence-corrected chi connectivity index (χ2v) is 5.65. The van der Waals surface area contributed by atoms with Crippen molar-refractivity contribution in [1.82, 2.24) is 0 Å². The van der Waals surface area contributed by atoms with Gasteiger partial charge in [-0.25, -0.2) is 0 Å². The average molecular weight is 225 g/mol. The molecule has 1 heterocycles. The van der Waals surface area contributed by atoms with Gasteiger partial charge in [-0.15, -0.1) is 11.3 Å². The molecule has 0 aromatic carbocycles. The van der Waals surface area contributed by atoms with Gasteiger partial charge in [-0.3, -0.25) is 0 Å². The molecule has 0 fully saturated rings. The number of nitrogens with two attached hydrogens (primary N) is 1. The Morgan fingerprint density at radius 3 is 2.53 bits per heavy atom. The zero-order valence-corrected chi connectivity index (χ0v) is 11.0. The lowest BCUT2D eigenvalue weighted by Gasteiger charge is -2.10. The molecule has 0 saturated carbocycles. The number of unbranched alkanes of at least 4 members (excludes halogenated alkanes) is 3. The van der Waals surface area contributed by atoms with E-state index in [1.54, 1.807) is 0 Å². The van der Waals surface area contributed by atoms with Crippen molar-refractivity contribution in [2.75, 3.05) is 0 Å². The molecule has 1 aromatic rings. The van der Waals surface area contributed by atoms with E-state index in [2.05, 4.69) is 26.8 Å². The van der Waals surface area contributed by atoms with Crippen molar-refractivity contribution in [3.8, 4) is 0 Å². The molecule has 15 heavy (non-hydrogen) atoms. The van der Waals surface area contributed by atoms with Crippen LogP contribution >= 0.6 is 11.3 Å². The fourth-order valence-corrected chi connectivity index (χ4v) is 3.02. The fourth-order valence-electron chi connectivity index (χ4n) is 1.95. The fraction of sp³-hybridized carbons (Fsp3) is 0.692. The maximum absolute atomic E-state index is 6.20. The molecule has 0 aliphatic rings. The molecule has 0 aliphatic carbocycles. The molecule has 2 heteroatoms. The van der Waals surface area contributed by atoms with Crippen molar-refractivity contribution in [3.63, 3.8) is 0 Å². The highest BCUT2D eigenvalue weighted by atomic mass is 32.1. The molecule has 0 bridgehead atoms. The zero-order valence-electron chi connectivity index (χ0n) is 10.2. The second kappa shape index (κ2) is 6.29. The molecule has 0 aliphatic heterocycles. The topological polar surface area (TPSA) is 26.0 Å². The number of thiophene rings is 1.